The fourth-order valence-corrected chi connectivity index (χ4v) is 3.01. The van der Waals surface area contributed by atoms with E-state index in [-0.39, 0.29) is 24.2 Å². The number of carbonyl (C=O) groups excluding carboxylic acids is 1. The number of benzene rings is 1. The van der Waals surface area contributed by atoms with Crippen molar-refractivity contribution in [2.45, 2.75) is 26.5 Å². The summed E-state index contributed by atoms with van der Waals surface area (Å²) in [4.78, 5) is 16.5. The van der Waals surface area contributed by atoms with E-state index < -0.39 is 5.41 Å². The predicted octanol–water partition coefficient (Wildman–Crippen LogP) is 2.33. The number of fused-ring (bicyclic) bond motifs is 1. The lowest BCUT2D eigenvalue weighted by molar-refractivity contribution is 0.0817. The molecule has 0 radical (unpaired) electrons. The van der Waals surface area contributed by atoms with Crippen molar-refractivity contribution in [1.82, 2.24) is 9.55 Å². The van der Waals surface area contributed by atoms with Crippen molar-refractivity contribution in [1.29, 1.82) is 0 Å². The summed E-state index contributed by atoms with van der Waals surface area (Å²) in [5.41, 5.74) is 1.08. The molecule has 1 aliphatic carbocycles. The first-order valence-electron chi connectivity index (χ1n) is 6.42. The lowest BCUT2D eigenvalue weighted by Crippen LogP contribution is -2.29. The molecule has 1 N–H and O–H groups in total. The molecule has 3 rings (SSSR count). The largest absolute Gasteiger partial charge is 0.390 e. The van der Waals surface area contributed by atoms with Crippen LogP contribution in [-0.2, 0) is 6.61 Å². The van der Waals surface area contributed by atoms with Gasteiger partial charge >= 0.3 is 0 Å². The summed E-state index contributed by atoms with van der Waals surface area (Å²) in [5.74, 6) is -0.389. The van der Waals surface area contributed by atoms with Crippen molar-refractivity contribution in [3.63, 3.8) is 0 Å². The minimum Gasteiger partial charge on any atom is -0.390 e. The van der Waals surface area contributed by atoms with Crippen LogP contribution < -0.4 is 0 Å². The molecule has 0 aliphatic heterocycles. The second-order valence-electron chi connectivity index (χ2n) is 5.64. The lowest BCUT2D eigenvalue weighted by atomic mass is 9.84. The number of aliphatic hydroxyl groups excluding tert-OH is 1. The molecule has 1 aromatic heterocycles. The number of halogens is 1. The van der Waals surface area contributed by atoms with Gasteiger partial charge in [-0.3, -0.25) is 4.79 Å². The van der Waals surface area contributed by atoms with Gasteiger partial charge in [0.25, 0.3) is 0 Å². The minimum absolute atomic E-state index is 0.0184. The van der Waals surface area contributed by atoms with Crippen molar-refractivity contribution < 1.29 is 14.3 Å². The fourth-order valence-electron chi connectivity index (χ4n) is 3.01. The van der Waals surface area contributed by atoms with Crippen molar-refractivity contribution in [3.05, 3.63) is 53.4 Å². The maximum atomic E-state index is 13.6. The normalized spacial score (nSPS) is 20.2. The van der Waals surface area contributed by atoms with Crippen molar-refractivity contribution in [2.24, 2.45) is 5.41 Å². The molecule has 1 atom stereocenters. The number of hydrogen-bond donors (Lipinski definition) is 1. The number of imidazole rings is 1. The number of hydrogen-bond acceptors (Lipinski definition) is 3. The Bertz CT molecular complexity index is 691. The van der Waals surface area contributed by atoms with Crippen LogP contribution in [0, 0.1) is 11.2 Å². The van der Waals surface area contributed by atoms with Gasteiger partial charge in [-0.2, -0.15) is 0 Å². The molecule has 5 heteroatoms. The molecular formula is C15H15FN2O2. The highest BCUT2D eigenvalue weighted by Gasteiger charge is 2.47. The first-order valence-corrected chi connectivity index (χ1v) is 6.42. The van der Waals surface area contributed by atoms with Crippen LogP contribution in [0.4, 0.5) is 4.39 Å². The molecule has 0 fully saturated rings. The Morgan fingerprint density at radius 3 is 2.90 bits per heavy atom. The predicted molar refractivity (Wildman–Crippen MR) is 70.8 cm³/mol. The van der Waals surface area contributed by atoms with E-state index >= 15 is 0 Å². The standard InChI is InChI=1S/C15H15FN2O2/c1-15(2)13(18-8-17-6-10(18)7-19)12-5-9(16)3-4-11(12)14(15)20/h3-6,8,13,19H,7H2,1-2H3. The summed E-state index contributed by atoms with van der Waals surface area (Å²) in [6, 6.07) is 3.87. The molecule has 0 saturated heterocycles. The molecule has 20 heavy (non-hydrogen) atoms. The number of nitrogens with zero attached hydrogens (tertiary/aromatic N) is 2. The molecule has 0 amide bonds. The maximum absolute atomic E-state index is 13.6. The van der Waals surface area contributed by atoms with Gasteiger partial charge in [-0.1, -0.05) is 13.8 Å². The van der Waals surface area contributed by atoms with Gasteiger partial charge in [-0.15, -0.1) is 0 Å². The quantitative estimate of drug-likeness (QED) is 0.914. The molecule has 0 bridgehead atoms. The monoisotopic (exact) mass is 274 g/mol. The van der Waals surface area contributed by atoms with Crippen LogP contribution in [0.5, 0.6) is 0 Å². The zero-order valence-corrected chi connectivity index (χ0v) is 11.3. The molecule has 0 saturated carbocycles. The van der Waals surface area contributed by atoms with Crippen LogP contribution in [0.2, 0.25) is 0 Å². The highest BCUT2D eigenvalue weighted by atomic mass is 19.1. The van der Waals surface area contributed by atoms with E-state index in [1.54, 1.807) is 17.1 Å². The Labute approximate surface area is 115 Å². The summed E-state index contributed by atoms with van der Waals surface area (Å²) in [6.07, 6.45) is 3.13. The number of aliphatic hydroxyl groups is 1. The van der Waals surface area contributed by atoms with Crippen LogP contribution in [0.15, 0.2) is 30.7 Å². The third kappa shape index (κ3) is 1.63. The third-order valence-corrected chi connectivity index (χ3v) is 4.01. The Morgan fingerprint density at radius 1 is 1.45 bits per heavy atom. The number of carbonyl (C=O) groups is 1. The first kappa shape index (κ1) is 13.0. The molecule has 1 heterocycles. The third-order valence-electron chi connectivity index (χ3n) is 4.01. The number of ketones is 1. The molecule has 1 aliphatic rings. The summed E-state index contributed by atoms with van der Waals surface area (Å²) in [7, 11) is 0. The Morgan fingerprint density at radius 2 is 2.20 bits per heavy atom. The smallest absolute Gasteiger partial charge is 0.171 e. The van der Waals surface area contributed by atoms with Crippen molar-refractivity contribution in [3.8, 4) is 0 Å². The first-order chi connectivity index (χ1) is 9.46. The zero-order valence-electron chi connectivity index (χ0n) is 11.3. The SMILES string of the molecule is CC1(C)C(=O)c2ccc(F)cc2C1n1cncc1CO. The van der Waals surface area contributed by atoms with Crippen LogP contribution >= 0.6 is 0 Å². The highest BCUT2D eigenvalue weighted by Crippen LogP contribution is 2.47. The average molecular weight is 274 g/mol. The van der Waals surface area contributed by atoms with E-state index in [0.29, 0.717) is 16.8 Å². The second-order valence-corrected chi connectivity index (χ2v) is 5.64. The molecular weight excluding hydrogens is 259 g/mol. The van der Waals surface area contributed by atoms with E-state index in [2.05, 4.69) is 4.98 Å². The zero-order chi connectivity index (χ0) is 14.5. The van der Waals surface area contributed by atoms with Crippen LogP contribution in [0.1, 0.15) is 41.5 Å². The van der Waals surface area contributed by atoms with Gasteiger partial charge in [-0.05, 0) is 23.8 Å². The van der Waals surface area contributed by atoms with E-state index in [9.17, 15) is 14.3 Å². The minimum atomic E-state index is -0.708. The lowest BCUT2D eigenvalue weighted by Gasteiger charge is -2.28. The maximum Gasteiger partial charge on any atom is 0.171 e. The number of aromatic nitrogens is 2. The molecule has 4 nitrogen and oxygen atoms in total. The van der Waals surface area contributed by atoms with Gasteiger partial charge in [0.05, 0.1) is 36.3 Å². The average Bonchev–Trinajstić information content (AvgIpc) is 2.92. The van der Waals surface area contributed by atoms with Crippen LogP contribution in [0.25, 0.3) is 0 Å². The molecule has 2 aromatic rings. The van der Waals surface area contributed by atoms with E-state index in [0.717, 1.165) is 0 Å². The summed E-state index contributed by atoms with van der Waals surface area (Å²) in [6.45, 7) is 3.49. The summed E-state index contributed by atoms with van der Waals surface area (Å²) >= 11 is 0. The van der Waals surface area contributed by atoms with Gasteiger partial charge in [0.2, 0.25) is 0 Å². The molecule has 1 unspecified atom stereocenters. The van der Waals surface area contributed by atoms with Crippen LogP contribution in [-0.4, -0.2) is 20.4 Å². The van der Waals surface area contributed by atoms with Gasteiger partial charge in [0, 0.05) is 5.56 Å². The Kier molecular flexibility index (Phi) is 2.76. The number of Topliss-reactive ketones (excluding diaryl/α,β-unsaturated/α-hetero) is 1. The fraction of sp³-hybridized carbons (Fsp3) is 0.333. The van der Waals surface area contributed by atoms with Gasteiger partial charge in [0.1, 0.15) is 5.82 Å². The van der Waals surface area contributed by atoms with Gasteiger partial charge in [-0.25, -0.2) is 9.37 Å². The van der Waals surface area contributed by atoms with E-state index in [1.165, 1.54) is 18.2 Å². The second kappa shape index (κ2) is 4.24. The van der Waals surface area contributed by atoms with Gasteiger partial charge < -0.3 is 9.67 Å². The highest BCUT2D eigenvalue weighted by molar-refractivity contribution is 6.05. The summed E-state index contributed by atoms with van der Waals surface area (Å²) < 4.78 is 15.3. The molecule has 104 valence electrons. The van der Waals surface area contributed by atoms with Crippen LogP contribution in [0.3, 0.4) is 0 Å². The van der Waals surface area contributed by atoms with E-state index in [1.807, 2.05) is 13.8 Å². The van der Waals surface area contributed by atoms with E-state index in [4.69, 9.17) is 0 Å². The van der Waals surface area contributed by atoms with Crippen molar-refractivity contribution >= 4 is 5.78 Å². The number of rotatable bonds is 2. The topological polar surface area (TPSA) is 55.1 Å². The molecule has 0 spiro atoms. The van der Waals surface area contributed by atoms with Gasteiger partial charge in [0.15, 0.2) is 5.78 Å². The Balaban J connectivity index is 2.25. The molecule has 1 aromatic carbocycles. The Hall–Kier alpha value is -2.01. The van der Waals surface area contributed by atoms with Crippen molar-refractivity contribution in [2.75, 3.05) is 0 Å². The summed E-state index contributed by atoms with van der Waals surface area (Å²) in [5, 5.41) is 9.39.